The number of nitrogens with one attached hydrogen (secondary N) is 1. The summed E-state index contributed by atoms with van der Waals surface area (Å²) in [6, 6.07) is 8.48. The van der Waals surface area contributed by atoms with Crippen LogP contribution in [0.5, 0.6) is 0 Å². The molecule has 19 heavy (non-hydrogen) atoms. The van der Waals surface area contributed by atoms with Gasteiger partial charge in [-0.2, -0.15) is 5.10 Å². The van der Waals surface area contributed by atoms with Crippen LogP contribution in [0.3, 0.4) is 0 Å². The van der Waals surface area contributed by atoms with E-state index in [0.717, 1.165) is 43.3 Å². The van der Waals surface area contributed by atoms with Crippen molar-refractivity contribution < 1.29 is 0 Å². The summed E-state index contributed by atoms with van der Waals surface area (Å²) in [5.74, 6) is 1.94. The quantitative estimate of drug-likeness (QED) is 0.865. The first-order valence-corrected chi connectivity index (χ1v) is 7.03. The Morgan fingerprint density at radius 2 is 2.00 bits per heavy atom. The van der Waals surface area contributed by atoms with Crippen LogP contribution < -0.4 is 5.32 Å². The van der Waals surface area contributed by atoms with Gasteiger partial charge in [-0.15, -0.1) is 0 Å². The van der Waals surface area contributed by atoms with Gasteiger partial charge in [0.05, 0.1) is 5.69 Å². The van der Waals surface area contributed by atoms with Crippen molar-refractivity contribution in [3.8, 4) is 5.69 Å². The highest BCUT2D eigenvalue weighted by Gasteiger charge is 2.09. The molecule has 1 aromatic heterocycles. The van der Waals surface area contributed by atoms with Crippen LogP contribution in [0.25, 0.3) is 5.69 Å². The second-order valence-electron chi connectivity index (χ2n) is 4.51. The van der Waals surface area contributed by atoms with Gasteiger partial charge >= 0.3 is 0 Å². The summed E-state index contributed by atoms with van der Waals surface area (Å²) < 4.78 is 1.97. The van der Waals surface area contributed by atoms with Gasteiger partial charge in [0.15, 0.2) is 5.82 Å². The van der Waals surface area contributed by atoms with E-state index in [9.17, 15) is 0 Å². The first-order chi connectivity index (χ1) is 9.28. The maximum Gasteiger partial charge on any atom is 0.151 e. The molecule has 0 spiro atoms. The van der Waals surface area contributed by atoms with Gasteiger partial charge in [-0.3, -0.25) is 0 Å². The lowest BCUT2D eigenvalue weighted by Gasteiger charge is -2.07. The van der Waals surface area contributed by atoms with Crippen LogP contribution in [0.15, 0.2) is 24.3 Å². The molecule has 4 nitrogen and oxygen atoms in total. The molecule has 0 aliphatic rings. The molecule has 0 radical (unpaired) electrons. The summed E-state index contributed by atoms with van der Waals surface area (Å²) in [5, 5.41) is 7.92. The van der Waals surface area contributed by atoms with Crippen molar-refractivity contribution in [2.75, 3.05) is 6.54 Å². The zero-order valence-electron chi connectivity index (χ0n) is 12.0. The average molecular weight is 258 g/mol. The van der Waals surface area contributed by atoms with Crippen molar-refractivity contribution in [1.82, 2.24) is 20.1 Å². The highest BCUT2D eigenvalue weighted by atomic mass is 15.3. The molecule has 0 saturated heterocycles. The van der Waals surface area contributed by atoms with E-state index in [1.165, 1.54) is 5.56 Å². The third kappa shape index (κ3) is 3.20. The van der Waals surface area contributed by atoms with Crippen molar-refractivity contribution in [2.45, 2.75) is 40.2 Å². The molecule has 0 amide bonds. The zero-order chi connectivity index (χ0) is 13.7. The lowest BCUT2D eigenvalue weighted by atomic mass is 10.2. The normalized spacial score (nSPS) is 10.9. The van der Waals surface area contributed by atoms with Gasteiger partial charge in [0.2, 0.25) is 0 Å². The Morgan fingerprint density at radius 1 is 1.16 bits per heavy atom. The number of hydrogen-bond acceptors (Lipinski definition) is 3. The maximum atomic E-state index is 4.58. The van der Waals surface area contributed by atoms with Gasteiger partial charge in [-0.05, 0) is 24.2 Å². The lowest BCUT2D eigenvalue weighted by Crippen LogP contribution is -2.12. The Balaban J connectivity index is 2.32. The van der Waals surface area contributed by atoms with Crippen LogP contribution in [-0.2, 0) is 19.4 Å². The zero-order valence-corrected chi connectivity index (χ0v) is 12.0. The SMILES string of the molecule is CCNCc1cccc(-n2nc(CC)nc2CC)c1. The summed E-state index contributed by atoms with van der Waals surface area (Å²) in [6.45, 7) is 8.18. The Bertz CT molecular complexity index is 531. The number of aryl methyl sites for hydroxylation is 2. The van der Waals surface area contributed by atoms with E-state index in [1.54, 1.807) is 0 Å². The fourth-order valence-electron chi connectivity index (χ4n) is 2.04. The van der Waals surface area contributed by atoms with Gasteiger partial charge in [0.1, 0.15) is 5.82 Å². The molecule has 1 aromatic carbocycles. The van der Waals surface area contributed by atoms with E-state index < -0.39 is 0 Å². The summed E-state index contributed by atoms with van der Waals surface area (Å²) in [7, 11) is 0. The van der Waals surface area contributed by atoms with E-state index in [4.69, 9.17) is 0 Å². The minimum Gasteiger partial charge on any atom is -0.313 e. The van der Waals surface area contributed by atoms with Gasteiger partial charge in [-0.25, -0.2) is 9.67 Å². The Labute approximate surface area is 114 Å². The van der Waals surface area contributed by atoms with Gasteiger partial charge in [-0.1, -0.05) is 32.9 Å². The van der Waals surface area contributed by atoms with E-state index in [2.05, 4.69) is 60.4 Å². The number of rotatable bonds is 6. The van der Waals surface area contributed by atoms with Crippen LogP contribution in [-0.4, -0.2) is 21.3 Å². The largest absolute Gasteiger partial charge is 0.313 e. The molecule has 102 valence electrons. The predicted octanol–water partition coefficient (Wildman–Crippen LogP) is 2.50. The molecule has 0 bridgehead atoms. The first-order valence-electron chi connectivity index (χ1n) is 7.03. The fraction of sp³-hybridized carbons (Fsp3) is 0.467. The molecule has 0 aliphatic heterocycles. The van der Waals surface area contributed by atoms with Crippen molar-refractivity contribution >= 4 is 0 Å². The topological polar surface area (TPSA) is 42.7 Å². The number of benzene rings is 1. The van der Waals surface area contributed by atoms with E-state index in [1.807, 2.05) is 4.68 Å². The average Bonchev–Trinajstić information content (AvgIpc) is 2.89. The predicted molar refractivity (Wildman–Crippen MR) is 77.5 cm³/mol. The molecule has 0 unspecified atom stereocenters. The lowest BCUT2D eigenvalue weighted by molar-refractivity contribution is 0.723. The molecule has 0 saturated carbocycles. The molecule has 1 N–H and O–H groups in total. The Kier molecular flexibility index (Phi) is 4.68. The summed E-state index contributed by atoms with van der Waals surface area (Å²) in [4.78, 5) is 4.55. The molecule has 4 heteroatoms. The molecule has 0 fully saturated rings. The third-order valence-corrected chi connectivity index (χ3v) is 3.08. The van der Waals surface area contributed by atoms with Crippen molar-refractivity contribution in [3.05, 3.63) is 41.5 Å². The molecule has 1 heterocycles. The summed E-state index contributed by atoms with van der Waals surface area (Å²) >= 11 is 0. The fourth-order valence-corrected chi connectivity index (χ4v) is 2.04. The molecule has 0 atom stereocenters. The molecule has 2 aromatic rings. The van der Waals surface area contributed by atoms with Gasteiger partial charge in [0.25, 0.3) is 0 Å². The second-order valence-corrected chi connectivity index (χ2v) is 4.51. The van der Waals surface area contributed by atoms with Gasteiger partial charge < -0.3 is 5.32 Å². The molecular formula is C15H22N4. The minimum atomic E-state index is 0.872. The summed E-state index contributed by atoms with van der Waals surface area (Å²) in [5.41, 5.74) is 2.37. The van der Waals surface area contributed by atoms with E-state index >= 15 is 0 Å². The van der Waals surface area contributed by atoms with E-state index in [-0.39, 0.29) is 0 Å². The van der Waals surface area contributed by atoms with Crippen LogP contribution in [0.4, 0.5) is 0 Å². The molecule has 0 aliphatic carbocycles. The van der Waals surface area contributed by atoms with Crippen LogP contribution in [0.2, 0.25) is 0 Å². The highest BCUT2D eigenvalue weighted by molar-refractivity contribution is 5.36. The third-order valence-electron chi connectivity index (χ3n) is 3.08. The smallest absolute Gasteiger partial charge is 0.151 e. The highest BCUT2D eigenvalue weighted by Crippen LogP contribution is 2.13. The number of aromatic nitrogens is 3. The van der Waals surface area contributed by atoms with Crippen molar-refractivity contribution in [2.24, 2.45) is 0 Å². The van der Waals surface area contributed by atoms with Crippen LogP contribution >= 0.6 is 0 Å². The number of hydrogen-bond donors (Lipinski definition) is 1. The van der Waals surface area contributed by atoms with E-state index in [0.29, 0.717) is 0 Å². The van der Waals surface area contributed by atoms with Crippen molar-refractivity contribution in [1.29, 1.82) is 0 Å². The second kappa shape index (κ2) is 6.48. The number of nitrogens with zero attached hydrogens (tertiary/aromatic N) is 3. The maximum absolute atomic E-state index is 4.58. The molecular weight excluding hydrogens is 236 g/mol. The monoisotopic (exact) mass is 258 g/mol. The Hall–Kier alpha value is -1.68. The van der Waals surface area contributed by atoms with Gasteiger partial charge in [0, 0.05) is 19.4 Å². The minimum absolute atomic E-state index is 0.872. The summed E-state index contributed by atoms with van der Waals surface area (Å²) in [6.07, 6.45) is 1.77. The Morgan fingerprint density at radius 3 is 2.68 bits per heavy atom. The van der Waals surface area contributed by atoms with Crippen molar-refractivity contribution in [3.63, 3.8) is 0 Å². The van der Waals surface area contributed by atoms with Crippen LogP contribution in [0, 0.1) is 0 Å². The first kappa shape index (κ1) is 13.7. The molecule has 2 rings (SSSR count). The standard InChI is InChI=1S/C15H22N4/c1-4-14-17-15(5-2)19(18-14)13-9-7-8-12(10-13)11-16-6-3/h7-10,16H,4-6,11H2,1-3H3. The van der Waals surface area contributed by atoms with Crippen LogP contribution in [0.1, 0.15) is 38.0 Å².